The van der Waals surface area contributed by atoms with E-state index in [-0.39, 0.29) is 29.1 Å². The fourth-order valence-electron chi connectivity index (χ4n) is 5.40. The molecule has 1 aliphatic heterocycles. The summed E-state index contributed by atoms with van der Waals surface area (Å²) in [4.78, 5) is 37.4. The molecule has 0 radical (unpaired) electrons. The Kier molecular flexibility index (Phi) is 8.12. The van der Waals surface area contributed by atoms with Gasteiger partial charge in [-0.3, -0.25) is 9.59 Å². The van der Waals surface area contributed by atoms with Crippen molar-refractivity contribution in [3.8, 4) is 0 Å². The van der Waals surface area contributed by atoms with E-state index in [2.05, 4.69) is 58.1 Å². The molecule has 37 heavy (non-hydrogen) atoms. The summed E-state index contributed by atoms with van der Waals surface area (Å²) in [5, 5.41) is 6.28. The predicted octanol–water partition coefficient (Wildman–Crippen LogP) is 3.35. The van der Waals surface area contributed by atoms with Gasteiger partial charge in [0.15, 0.2) is 11.5 Å². The van der Waals surface area contributed by atoms with Gasteiger partial charge in [-0.25, -0.2) is 9.97 Å². The number of carbonyl (C=O) groups is 2. The highest BCUT2D eigenvalue weighted by atomic mass is 16.2. The summed E-state index contributed by atoms with van der Waals surface area (Å²) in [7, 11) is 4.14. The molecule has 0 bridgehead atoms. The van der Waals surface area contributed by atoms with E-state index in [0.29, 0.717) is 11.6 Å². The maximum atomic E-state index is 12.1. The van der Waals surface area contributed by atoms with Crippen molar-refractivity contribution in [3.05, 3.63) is 54.4 Å². The van der Waals surface area contributed by atoms with Crippen LogP contribution >= 0.6 is 0 Å². The van der Waals surface area contributed by atoms with Gasteiger partial charge in [0.1, 0.15) is 5.82 Å². The molecule has 1 aromatic carbocycles. The van der Waals surface area contributed by atoms with Gasteiger partial charge in [-0.05, 0) is 87.8 Å². The topological polar surface area (TPSA) is 116 Å². The molecule has 0 spiro atoms. The summed E-state index contributed by atoms with van der Waals surface area (Å²) in [5.74, 6) is 0.192. The van der Waals surface area contributed by atoms with Crippen LogP contribution in [0.3, 0.4) is 0 Å². The normalized spacial score (nSPS) is 21.6. The molecule has 1 saturated heterocycles. The third-order valence-corrected chi connectivity index (χ3v) is 8.02. The molecule has 1 aliphatic carbocycles. The standard InChI is InChI=1S/C28H39N7O2/c1-5-24(36)31-21-7-6-8-22(17-21)35(4)23-18-30-25(26(29)37)27(33-23)32-20-11-9-19(10-12-20)28(2)13-15-34(3)16-14-28/h5,9-12,18,21-22H,1,6-8,13-17H2,2-4H3,(H2,29,37)(H,31,36)(H,32,33)/t21?,22-/m1/s1. The first-order valence-electron chi connectivity index (χ1n) is 13.1. The van der Waals surface area contributed by atoms with Gasteiger partial charge in [0.05, 0.1) is 6.20 Å². The highest BCUT2D eigenvalue weighted by molar-refractivity contribution is 5.96. The number of aromatic nitrogens is 2. The van der Waals surface area contributed by atoms with Crippen LogP contribution in [0.4, 0.5) is 17.3 Å². The number of nitrogens with zero attached hydrogens (tertiary/aromatic N) is 4. The van der Waals surface area contributed by atoms with Gasteiger partial charge < -0.3 is 26.2 Å². The number of piperidine rings is 1. The van der Waals surface area contributed by atoms with Gasteiger partial charge in [0.2, 0.25) is 5.91 Å². The summed E-state index contributed by atoms with van der Waals surface area (Å²) in [6.45, 7) is 8.06. The minimum absolute atomic E-state index is 0.0899. The number of hydrogen-bond acceptors (Lipinski definition) is 7. The molecule has 4 rings (SSSR count). The fraction of sp³-hybridized carbons (Fsp3) is 0.500. The van der Waals surface area contributed by atoms with E-state index in [1.165, 1.54) is 11.6 Å². The number of primary amides is 1. The Bertz CT molecular complexity index is 1130. The van der Waals surface area contributed by atoms with Crippen molar-refractivity contribution in [2.75, 3.05) is 37.4 Å². The number of nitrogens with two attached hydrogens (primary N) is 1. The van der Waals surface area contributed by atoms with Crippen molar-refractivity contribution in [2.24, 2.45) is 5.73 Å². The molecule has 198 valence electrons. The smallest absolute Gasteiger partial charge is 0.271 e. The molecular formula is C28H39N7O2. The zero-order chi connectivity index (χ0) is 26.6. The van der Waals surface area contributed by atoms with Crippen LogP contribution < -0.4 is 21.3 Å². The third-order valence-electron chi connectivity index (χ3n) is 8.02. The molecule has 2 heterocycles. The number of likely N-dealkylation sites (tertiary alicyclic amines) is 1. The van der Waals surface area contributed by atoms with Crippen LogP contribution in [-0.2, 0) is 10.2 Å². The van der Waals surface area contributed by atoms with E-state index in [9.17, 15) is 9.59 Å². The van der Waals surface area contributed by atoms with Crippen molar-refractivity contribution in [1.29, 1.82) is 0 Å². The van der Waals surface area contributed by atoms with Crippen molar-refractivity contribution >= 4 is 29.1 Å². The Morgan fingerprint density at radius 3 is 2.57 bits per heavy atom. The number of nitrogens with one attached hydrogen (secondary N) is 2. The van der Waals surface area contributed by atoms with Crippen LogP contribution in [0.15, 0.2) is 43.1 Å². The summed E-state index contributed by atoms with van der Waals surface area (Å²) >= 11 is 0. The first-order valence-corrected chi connectivity index (χ1v) is 13.1. The zero-order valence-electron chi connectivity index (χ0n) is 22.2. The van der Waals surface area contributed by atoms with Crippen molar-refractivity contribution in [2.45, 2.75) is 62.9 Å². The van der Waals surface area contributed by atoms with Crippen molar-refractivity contribution in [1.82, 2.24) is 20.2 Å². The van der Waals surface area contributed by atoms with E-state index in [0.717, 1.165) is 57.3 Å². The molecule has 2 fully saturated rings. The lowest BCUT2D eigenvalue weighted by Gasteiger charge is -2.38. The minimum Gasteiger partial charge on any atom is -0.364 e. The molecular weight excluding hydrogens is 466 g/mol. The maximum Gasteiger partial charge on any atom is 0.271 e. The molecule has 9 nitrogen and oxygen atoms in total. The Hall–Kier alpha value is -3.46. The molecule has 1 unspecified atom stereocenters. The second-order valence-corrected chi connectivity index (χ2v) is 10.7. The van der Waals surface area contributed by atoms with Crippen LogP contribution in [0.5, 0.6) is 0 Å². The molecule has 1 saturated carbocycles. The first-order chi connectivity index (χ1) is 17.7. The SMILES string of the molecule is C=CC(=O)NC1CCC[C@@H](N(C)c2cnc(C(N)=O)c(Nc3ccc(C4(C)CCN(C)CC4)cc3)n2)C1. The Morgan fingerprint density at radius 2 is 1.92 bits per heavy atom. The third kappa shape index (κ3) is 6.28. The molecule has 2 aliphatic rings. The van der Waals surface area contributed by atoms with Gasteiger partial charge in [-0.1, -0.05) is 25.6 Å². The average molecular weight is 506 g/mol. The summed E-state index contributed by atoms with van der Waals surface area (Å²) in [6.07, 6.45) is 8.86. The van der Waals surface area contributed by atoms with E-state index in [4.69, 9.17) is 10.7 Å². The summed E-state index contributed by atoms with van der Waals surface area (Å²) < 4.78 is 0. The largest absolute Gasteiger partial charge is 0.364 e. The maximum absolute atomic E-state index is 12.1. The molecule has 2 amide bonds. The van der Waals surface area contributed by atoms with Crippen LogP contribution in [0.25, 0.3) is 0 Å². The van der Waals surface area contributed by atoms with Crippen LogP contribution in [0.1, 0.15) is 61.5 Å². The number of carbonyl (C=O) groups excluding carboxylic acids is 2. The number of hydrogen-bond donors (Lipinski definition) is 3. The lowest BCUT2D eigenvalue weighted by molar-refractivity contribution is -0.117. The average Bonchev–Trinajstić information content (AvgIpc) is 2.90. The highest BCUT2D eigenvalue weighted by Gasteiger charge is 2.31. The highest BCUT2D eigenvalue weighted by Crippen LogP contribution is 2.35. The summed E-state index contributed by atoms with van der Waals surface area (Å²) in [6, 6.07) is 8.62. The minimum atomic E-state index is -0.635. The second-order valence-electron chi connectivity index (χ2n) is 10.7. The predicted molar refractivity (Wildman–Crippen MR) is 147 cm³/mol. The van der Waals surface area contributed by atoms with Gasteiger partial charge in [0, 0.05) is 24.8 Å². The van der Waals surface area contributed by atoms with Crippen molar-refractivity contribution in [3.63, 3.8) is 0 Å². The van der Waals surface area contributed by atoms with Gasteiger partial charge >= 0.3 is 0 Å². The molecule has 4 N–H and O–H groups in total. The zero-order valence-corrected chi connectivity index (χ0v) is 22.2. The lowest BCUT2D eigenvalue weighted by Crippen LogP contribution is -2.44. The van der Waals surface area contributed by atoms with Gasteiger partial charge in [-0.15, -0.1) is 0 Å². The summed E-state index contributed by atoms with van der Waals surface area (Å²) in [5.41, 5.74) is 8.02. The second kappa shape index (κ2) is 11.3. The fourth-order valence-corrected chi connectivity index (χ4v) is 5.40. The number of rotatable bonds is 8. The Balaban J connectivity index is 1.50. The monoisotopic (exact) mass is 505 g/mol. The number of anilines is 3. The van der Waals surface area contributed by atoms with E-state index in [1.807, 2.05) is 19.2 Å². The number of amides is 2. The first kappa shape index (κ1) is 26.6. The van der Waals surface area contributed by atoms with Gasteiger partial charge in [-0.2, -0.15) is 0 Å². The molecule has 9 heteroatoms. The van der Waals surface area contributed by atoms with E-state index < -0.39 is 5.91 Å². The van der Waals surface area contributed by atoms with Crippen LogP contribution in [0.2, 0.25) is 0 Å². The number of benzene rings is 1. The van der Waals surface area contributed by atoms with Gasteiger partial charge in [0.25, 0.3) is 5.91 Å². The molecule has 1 aromatic heterocycles. The van der Waals surface area contributed by atoms with Crippen molar-refractivity contribution < 1.29 is 9.59 Å². The Labute approximate surface area is 219 Å². The van der Waals surface area contributed by atoms with Crippen LogP contribution in [0, 0.1) is 0 Å². The van der Waals surface area contributed by atoms with E-state index >= 15 is 0 Å². The Morgan fingerprint density at radius 1 is 1.22 bits per heavy atom. The lowest BCUT2D eigenvalue weighted by atomic mass is 9.74. The quantitative estimate of drug-likeness (QED) is 0.471. The van der Waals surface area contributed by atoms with E-state index in [1.54, 1.807) is 6.20 Å². The molecule has 2 aromatic rings. The molecule has 2 atom stereocenters. The van der Waals surface area contributed by atoms with Crippen LogP contribution in [-0.4, -0.2) is 66.0 Å².